The molecule has 110 valence electrons. The third-order valence-electron chi connectivity index (χ3n) is 2.63. The van der Waals surface area contributed by atoms with E-state index < -0.39 is 28.3 Å². The molecule has 0 atom stereocenters. The highest BCUT2D eigenvalue weighted by molar-refractivity contribution is 7.90. The molecule has 8 heteroatoms. The van der Waals surface area contributed by atoms with Gasteiger partial charge >= 0.3 is 0 Å². The zero-order valence-corrected chi connectivity index (χ0v) is 11.7. The maximum atomic E-state index is 12.4. The Balaban J connectivity index is 2.38. The number of hydrogen-bond donors (Lipinski definition) is 2. The van der Waals surface area contributed by atoms with E-state index in [9.17, 15) is 18.0 Å². The first-order valence-corrected chi connectivity index (χ1v) is 7.41. The van der Waals surface area contributed by atoms with Gasteiger partial charge in [-0.05, 0) is 24.3 Å². The summed E-state index contributed by atoms with van der Waals surface area (Å²) in [5.74, 6) is -1.46. The van der Waals surface area contributed by atoms with E-state index in [1.165, 1.54) is 24.5 Å². The lowest BCUT2D eigenvalue weighted by Crippen LogP contribution is -2.23. The molecule has 21 heavy (non-hydrogen) atoms. The molecule has 0 aliphatic heterocycles. The fourth-order valence-electron chi connectivity index (χ4n) is 1.74. The number of nitrogens with zero attached hydrogens (tertiary/aromatic N) is 1. The van der Waals surface area contributed by atoms with E-state index in [4.69, 9.17) is 5.73 Å². The molecule has 0 aliphatic rings. The molecule has 0 unspecified atom stereocenters. The van der Waals surface area contributed by atoms with Crippen LogP contribution in [0, 0.1) is 0 Å². The Labute approximate surface area is 121 Å². The lowest BCUT2D eigenvalue weighted by molar-refractivity contribution is -0.124. The lowest BCUT2D eigenvalue weighted by atomic mass is 10.3. The van der Waals surface area contributed by atoms with Crippen molar-refractivity contribution in [3.8, 4) is 0 Å². The SMILES string of the molecule is NC(=O)CC(=O)Nc1ccccc1S(=O)(=O)n1cccc1. The van der Waals surface area contributed by atoms with E-state index in [0.29, 0.717) is 0 Å². The third-order valence-corrected chi connectivity index (χ3v) is 4.34. The Morgan fingerprint density at radius 1 is 1.10 bits per heavy atom. The summed E-state index contributed by atoms with van der Waals surface area (Å²) >= 11 is 0. The van der Waals surface area contributed by atoms with Crippen molar-refractivity contribution in [3.63, 3.8) is 0 Å². The van der Waals surface area contributed by atoms with Crippen LogP contribution in [0.15, 0.2) is 53.7 Å². The van der Waals surface area contributed by atoms with E-state index in [-0.39, 0.29) is 10.6 Å². The predicted molar refractivity (Wildman–Crippen MR) is 75.9 cm³/mol. The molecule has 0 saturated heterocycles. The number of nitrogens with two attached hydrogens (primary N) is 1. The van der Waals surface area contributed by atoms with Crippen molar-refractivity contribution in [1.29, 1.82) is 0 Å². The molecule has 2 aromatic rings. The number of anilines is 1. The number of benzene rings is 1. The highest BCUT2D eigenvalue weighted by Crippen LogP contribution is 2.23. The molecule has 2 amide bonds. The molecule has 1 heterocycles. The molecule has 0 fully saturated rings. The van der Waals surface area contributed by atoms with Crippen molar-refractivity contribution in [3.05, 3.63) is 48.8 Å². The number of amides is 2. The smallest absolute Gasteiger partial charge is 0.269 e. The molecule has 0 radical (unpaired) electrons. The van der Waals surface area contributed by atoms with Crippen molar-refractivity contribution in [2.24, 2.45) is 5.73 Å². The van der Waals surface area contributed by atoms with Crippen molar-refractivity contribution < 1.29 is 18.0 Å². The van der Waals surface area contributed by atoms with Crippen LogP contribution in [0.1, 0.15) is 6.42 Å². The molecule has 0 aliphatic carbocycles. The average molecular weight is 307 g/mol. The van der Waals surface area contributed by atoms with Gasteiger partial charge in [0.2, 0.25) is 11.8 Å². The second kappa shape index (κ2) is 5.80. The van der Waals surface area contributed by atoms with Crippen LogP contribution < -0.4 is 11.1 Å². The Kier molecular flexibility index (Phi) is 4.08. The van der Waals surface area contributed by atoms with Crippen LogP contribution in [0.4, 0.5) is 5.69 Å². The quantitative estimate of drug-likeness (QED) is 0.785. The summed E-state index contributed by atoms with van der Waals surface area (Å²) in [7, 11) is -3.81. The lowest BCUT2D eigenvalue weighted by Gasteiger charge is -2.11. The van der Waals surface area contributed by atoms with Gasteiger partial charge < -0.3 is 11.1 Å². The van der Waals surface area contributed by atoms with Crippen LogP contribution in [0.25, 0.3) is 0 Å². The highest BCUT2D eigenvalue weighted by Gasteiger charge is 2.21. The summed E-state index contributed by atoms with van der Waals surface area (Å²) in [5, 5.41) is 2.38. The summed E-state index contributed by atoms with van der Waals surface area (Å²) < 4.78 is 25.9. The van der Waals surface area contributed by atoms with Crippen LogP contribution in [-0.4, -0.2) is 24.2 Å². The second-order valence-electron chi connectivity index (χ2n) is 4.21. The first-order valence-electron chi connectivity index (χ1n) is 5.97. The summed E-state index contributed by atoms with van der Waals surface area (Å²) in [6.45, 7) is 0. The Hall–Kier alpha value is -2.61. The van der Waals surface area contributed by atoms with E-state index in [2.05, 4.69) is 5.32 Å². The first-order chi connectivity index (χ1) is 9.91. The molecular weight excluding hydrogens is 294 g/mol. The predicted octanol–water partition coefficient (Wildman–Crippen LogP) is 0.539. The standard InChI is InChI=1S/C13H13N3O4S/c14-12(17)9-13(18)15-10-5-1-2-6-11(10)21(19,20)16-7-3-4-8-16/h1-8H,9H2,(H2,14,17)(H,15,18). The molecule has 0 saturated carbocycles. The van der Waals surface area contributed by atoms with Crippen LogP contribution >= 0.6 is 0 Å². The normalized spacial score (nSPS) is 11.0. The topological polar surface area (TPSA) is 111 Å². The van der Waals surface area contributed by atoms with Crippen LogP contribution in [-0.2, 0) is 19.6 Å². The number of carbonyl (C=O) groups excluding carboxylic acids is 2. The molecule has 0 bridgehead atoms. The van der Waals surface area contributed by atoms with E-state index in [1.807, 2.05) is 0 Å². The third kappa shape index (κ3) is 3.29. The number of aromatic nitrogens is 1. The zero-order valence-electron chi connectivity index (χ0n) is 10.9. The van der Waals surface area contributed by atoms with Gasteiger partial charge in [-0.15, -0.1) is 0 Å². The molecule has 1 aromatic heterocycles. The average Bonchev–Trinajstić information content (AvgIpc) is 2.92. The first kappa shape index (κ1) is 14.8. The number of primary amides is 1. The van der Waals surface area contributed by atoms with Crippen LogP contribution in [0.3, 0.4) is 0 Å². The number of rotatable bonds is 5. The minimum Gasteiger partial charge on any atom is -0.369 e. The molecule has 0 spiro atoms. The number of carbonyl (C=O) groups is 2. The second-order valence-corrected chi connectivity index (χ2v) is 6.02. The Bertz CT molecular complexity index is 766. The fraction of sp³-hybridized carbons (Fsp3) is 0.0769. The van der Waals surface area contributed by atoms with Gasteiger partial charge in [0.25, 0.3) is 10.0 Å². The minimum absolute atomic E-state index is 0.0704. The van der Waals surface area contributed by atoms with Gasteiger partial charge in [-0.25, -0.2) is 12.4 Å². The van der Waals surface area contributed by atoms with Gasteiger partial charge in [0.05, 0.1) is 5.69 Å². The fourth-order valence-corrected chi connectivity index (χ4v) is 3.08. The largest absolute Gasteiger partial charge is 0.369 e. The van der Waals surface area contributed by atoms with Crippen LogP contribution in [0.5, 0.6) is 0 Å². The van der Waals surface area contributed by atoms with E-state index in [0.717, 1.165) is 3.97 Å². The zero-order chi connectivity index (χ0) is 15.5. The van der Waals surface area contributed by atoms with Gasteiger partial charge in [0.15, 0.2) is 0 Å². The minimum atomic E-state index is -3.81. The van der Waals surface area contributed by atoms with Gasteiger partial charge in [0, 0.05) is 12.4 Å². The van der Waals surface area contributed by atoms with Crippen molar-refractivity contribution in [2.75, 3.05) is 5.32 Å². The van der Waals surface area contributed by atoms with Crippen molar-refractivity contribution in [1.82, 2.24) is 3.97 Å². The van der Waals surface area contributed by atoms with Crippen molar-refractivity contribution in [2.45, 2.75) is 11.3 Å². The maximum Gasteiger partial charge on any atom is 0.269 e. The Morgan fingerprint density at radius 3 is 2.33 bits per heavy atom. The van der Waals surface area contributed by atoms with Gasteiger partial charge in [-0.3, -0.25) is 9.59 Å². The molecule has 2 rings (SSSR count). The highest BCUT2D eigenvalue weighted by atomic mass is 32.2. The van der Waals surface area contributed by atoms with Crippen molar-refractivity contribution >= 4 is 27.5 Å². The number of para-hydroxylation sites is 1. The van der Waals surface area contributed by atoms with E-state index >= 15 is 0 Å². The molecular formula is C13H13N3O4S. The van der Waals surface area contributed by atoms with Gasteiger partial charge in [0.1, 0.15) is 11.3 Å². The van der Waals surface area contributed by atoms with Crippen LogP contribution in [0.2, 0.25) is 0 Å². The Morgan fingerprint density at radius 2 is 1.71 bits per heavy atom. The van der Waals surface area contributed by atoms with Gasteiger partial charge in [-0.2, -0.15) is 0 Å². The summed E-state index contributed by atoms with van der Waals surface area (Å²) in [6, 6.07) is 9.08. The number of nitrogens with one attached hydrogen (secondary N) is 1. The molecule has 3 N–H and O–H groups in total. The van der Waals surface area contributed by atoms with Gasteiger partial charge in [-0.1, -0.05) is 12.1 Å². The maximum absolute atomic E-state index is 12.4. The summed E-state index contributed by atoms with van der Waals surface area (Å²) in [6.07, 6.45) is 2.26. The van der Waals surface area contributed by atoms with E-state index in [1.54, 1.807) is 24.3 Å². The number of hydrogen-bond acceptors (Lipinski definition) is 4. The molecule has 1 aromatic carbocycles. The summed E-state index contributed by atoms with van der Waals surface area (Å²) in [5.41, 5.74) is 5.02. The monoisotopic (exact) mass is 307 g/mol. The molecule has 7 nitrogen and oxygen atoms in total. The summed E-state index contributed by atoms with van der Waals surface area (Å²) in [4.78, 5) is 22.2.